The number of nitrogens with zero attached hydrogens (tertiary/aromatic N) is 2. The van der Waals surface area contributed by atoms with Gasteiger partial charge in [0.2, 0.25) is 0 Å². The van der Waals surface area contributed by atoms with E-state index >= 15 is 0 Å². The average Bonchev–Trinajstić information content (AvgIpc) is 2.51. The topological polar surface area (TPSA) is 32.5 Å². The minimum atomic E-state index is 0.345. The van der Waals surface area contributed by atoms with Gasteiger partial charge in [-0.25, -0.2) is 0 Å². The van der Waals surface area contributed by atoms with Gasteiger partial charge in [-0.1, -0.05) is 51.1 Å². The zero-order valence-electron chi connectivity index (χ0n) is 13.4. The molecule has 0 saturated carbocycles. The second-order valence-corrected chi connectivity index (χ2v) is 5.17. The van der Waals surface area contributed by atoms with E-state index in [9.17, 15) is 0 Å². The van der Waals surface area contributed by atoms with Gasteiger partial charge in [-0.15, -0.1) is 0 Å². The average molecular weight is 277 g/mol. The lowest BCUT2D eigenvalue weighted by Crippen LogP contribution is -2.36. The third kappa shape index (κ3) is 5.23. The first kappa shape index (κ1) is 17.2. The number of benzene rings is 1. The third-order valence-corrected chi connectivity index (χ3v) is 4.07. The van der Waals surface area contributed by atoms with Crippen molar-refractivity contribution in [1.82, 2.24) is 9.80 Å². The first-order chi connectivity index (χ1) is 9.76. The highest BCUT2D eigenvalue weighted by Gasteiger charge is 2.17. The molecule has 1 atom stereocenters. The highest BCUT2D eigenvalue weighted by molar-refractivity contribution is 5.19. The molecule has 0 saturated heterocycles. The Labute approximate surface area is 124 Å². The van der Waals surface area contributed by atoms with Crippen molar-refractivity contribution < 1.29 is 0 Å². The van der Waals surface area contributed by atoms with Crippen molar-refractivity contribution in [2.24, 2.45) is 5.73 Å². The molecule has 3 heteroatoms. The van der Waals surface area contributed by atoms with Crippen LogP contribution in [0.3, 0.4) is 0 Å². The maximum atomic E-state index is 6.01. The molecule has 0 aliphatic carbocycles. The van der Waals surface area contributed by atoms with Crippen molar-refractivity contribution in [3.8, 4) is 0 Å². The van der Waals surface area contributed by atoms with Crippen LogP contribution in [0.2, 0.25) is 0 Å². The van der Waals surface area contributed by atoms with Crippen LogP contribution in [0.5, 0.6) is 0 Å². The third-order valence-electron chi connectivity index (χ3n) is 4.07. The maximum absolute atomic E-state index is 6.01. The van der Waals surface area contributed by atoms with Crippen molar-refractivity contribution in [3.63, 3.8) is 0 Å². The molecule has 1 rings (SSSR count). The molecule has 0 aliphatic rings. The minimum absolute atomic E-state index is 0.345. The predicted octanol–water partition coefficient (Wildman–Crippen LogP) is 2.74. The first-order valence-corrected chi connectivity index (χ1v) is 7.98. The molecule has 0 fully saturated rings. The standard InChI is InChI=1S/C17H31N3/c1-4-19(5-2)13-10-14-20(6-3)17(15-18)16-11-8-7-9-12-16/h7-9,11-12,17H,4-6,10,13-15,18H2,1-3H3. The molecule has 0 bridgehead atoms. The number of hydrogen-bond acceptors (Lipinski definition) is 3. The van der Waals surface area contributed by atoms with Gasteiger partial charge >= 0.3 is 0 Å². The SMILES string of the molecule is CCN(CC)CCCN(CC)C(CN)c1ccccc1. The van der Waals surface area contributed by atoms with Gasteiger partial charge in [-0.2, -0.15) is 0 Å². The zero-order chi connectivity index (χ0) is 14.8. The largest absolute Gasteiger partial charge is 0.329 e. The molecular formula is C17H31N3. The van der Waals surface area contributed by atoms with E-state index in [4.69, 9.17) is 5.73 Å². The predicted molar refractivity (Wildman–Crippen MR) is 87.9 cm³/mol. The molecule has 2 N–H and O–H groups in total. The van der Waals surface area contributed by atoms with Crippen LogP contribution in [-0.2, 0) is 0 Å². The molecule has 0 radical (unpaired) electrons. The summed E-state index contributed by atoms with van der Waals surface area (Å²) in [6.07, 6.45) is 1.21. The van der Waals surface area contributed by atoms with Crippen molar-refractivity contribution in [3.05, 3.63) is 35.9 Å². The lowest BCUT2D eigenvalue weighted by molar-refractivity contribution is 0.193. The number of nitrogens with two attached hydrogens (primary N) is 1. The second-order valence-electron chi connectivity index (χ2n) is 5.17. The lowest BCUT2D eigenvalue weighted by Gasteiger charge is -2.31. The molecule has 1 unspecified atom stereocenters. The maximum Gasteiger partial charge on any atom is 0.0470 e. The van der Waals surface area contributed by atoms with Gasteiger partial charge in [-0.3, -0.25) is 4.90 Å². The molecule has 0 aliphatic heterocycles. The Morgan fingerprint density at radius 3 is 2.10 bits per heavy atom. The highest BCUT2D eigenvalue weighted by atomic mass is 15.2. The Hall–Kier alpha value is -0.900. The van der Waals surface area contributed by atoms with E-state index in [1.807, 2.05) is 0 Å². The highest BCUT2D eigenvalue weighted by Crippen LogP contribution is 2.19. The van der Waals surface area contributed by atoms with Crippen molar-refractivity contribution in [2.75, 3.05) is 39.3 Å². The molecule has 0 amide bonds. The Morgan fingerprint density at radius 2 is 1.60 bits per heavy atom. The summed E-state index contributed by atoms with van der Waals surface area (Å²) in [7, 11) is 0. The Morgan fingerprint density at radius 1 is 0.950 bits per heavy atom. The second kappa shape index (κ2) is 9.92. The monoisotopic (exact) mass is 277 g/mol. The molecular weight excluding hydrogens is 246 g/mol. The first-order valence-electron chi connectivity index (χ1n) is 7.98. The Bertz CT molecular complexity index is 335. The summed E-state index contributed by atoms with van der Waals surface area (Å²) < 4.78 is 0. The van der Waals surface area contributed by atoms with Crippen LogP contribution in [0.1, 0.15) is 38.8 Å². The summed E-state index contributed by atoms with van der Waals surface area (Å²) in [5.41, 5.74) is 7.35. The van der Waals surface area contributed by atoms with Crippen LogP contribution in [0.15, 0.2) is 30.3 Å². The minimum Gasteiger partial charge on any atom is -0.329 e. The summed E-state index contributed by atoms with van der Waals surface area (Å²) in [6.45, 7) is 13.0. The fourth-order valence-electron chi connectivity index (χ4n) is 2.74. The van der Waals surface area contributed by atoms with Gasteiger partial charge in [0.25, 0.3) is 0 Å². The number of likely N-dealkylation sites (N-methyl/N-ethyl adjacent to an activating group) is 1. The Balaban J connectivity index is 2.55. The van der Waals surface area contributed by atoms with Crippen LogP contribution in [0, 0.1) is 0 Å². The molecule has 20 heavy (non-hydrogen) atoms. The molecule has 0 heterocycles. The molecule has 0 spiro atoms. The van der Waals surface area contributed by atoms with Gasteiger partial charge in [0, 0.05) is 19.1 Å². The van der Waals surface area contributed by atoms with Gasteiger partial charge in [0.15, 0.2) is 0 Å². The number of hydrogen-bond donors (Lipinski definition) is 1. The van der Waals surface area contributed by atoms with Crippen LogP contribution in [0.4, 0.5) is 0 Å². The lowest BCUT2D eigenvalue weighted by atomic mass is 10.1. The molecule has 3 nitrogen and oxygen atoms in total. The quantitative estimate of drug-likeness (QED) is 0.714. The normalized spacial score (nSPS) is 13.1. The zero-order valence-corrected chi connectivity index (χ0v) is 13.4. The van der Waals surface area contributed by atoms with Crippen molar-refractivity contribution in [1.29, 1.82) is 0 Å². The molecule has 0 aromatic heterocycles. The van der Waals surface area contributed by atoms with E-state index in [-0.39, 0.29) is 0 Å². The molecule has 114 valence electrons. The van der Waals surface area contributed by atoms with Crippen LogP contribution < -0.4 is 5.73 Å². The summed E-state index contributed by atoms with van der Waals surface area (Å²) in [4.78, 5) is 4.98. The smallest absolute Gasteiger partial charge is 0.0470 e. The van der Waals surface area contributed by atoms with Crippen molar-refractivity contribution in [2.45, 2.75) is 33.2 Å². The van der Waals surface area contributed by atoms with Gasteiger partial charge < -0.3 is 10.6 Å². The Kier molecular flexibility index (Phi) is 8.51. The summed E-state index contributed by atoms with van der Waals surface area (Å²) in [6, 6.07) is 11.0. The fraction of sp³-hybridized carbons (Fsp3) is 0.647. The molecule has 1 aromatic carbocycles. The van der Waals surface area contributed by atoms with Crippen LogP contribution in [-0.4, -0.2) is 49.1 Å². The van der Waals surface area contributed by atoms with E-state index in [2.05, 4.69) is 60.9 Å². The summed E-state index contributed by atoms with van der Waals surface area (Å²) in [5, 5.41) is 0. The van der Waals surface area contributed by atoms with E-state index in [0.717, 1.165) is 26.2 Å². The van der Waals surface area contributed by atoms with E-state index in [0.29, 0.717) is 12.6 Å². The summed E-state index contributed by atoms with van der Waals surface area (Å²) >= 11 is 0. The summed E-state index contributed by atoms with van der Waals surface area (Å²) in [5.74, 6) is 0. The van der Waals surface area contributed by atoms with Crippen molar-refractivity contribution >= 4 is 0 Å². The van der Waals surface area contributed by atoms with Gasteiger partial charge in [-0.05, 0) is 38.2 Å². The van der Waals surface area contributed by atoms with E-state index in [1.54, 1.807) is 0 Å². The van der Waals surface area contributed by atoms with Gasteiger partial charge in [0.1, 0.15) is 0 Å². The van der Waals surface area contributed by atoms with Crippen LogP contribution >= 0.6 is 0 Å². The fourth-order valence-corrected chi connectivity index (χ4v) is 2.74. The number of rotatable bonds is 10. The van der Waals surface area contributed by atoms with E-state index < -0.39 is 0 Å². The van der Waals surface area contributed by atoms with E-state index in [1.165, 1.54) is 18.5 Å². The van der Waals surface area contributed by atoms with Crippen LogP contribution in [0.25, 0.3) is 0 Å². The molecule has 1 aromatic rings. The van der Waals surface area contributed by atoms with Gasteiger partial charge in [0.05, 0.1) is 0 Å².